The van der Waals surface area contributed by atoms with Crippen molar-refractivity contribution in [2.75, 3.05) is 39.3 Å². The van der Waals surface area contributed by atoms with Crippen LogP contribution < -0.4 is 11.1 Å². The zero-order valence-electron chi connectivity index (χ0n) is 14.3. The summed E-state index contributed by atoms with van der Waals surface area (Å²) < 4.78 is 0. The minimum absolute atomic E-state index is 0. The number of rotatable bonds is 5. The van der Waals surface area contributed by atoms with E-state index in [1.807, 2.05) is 0 Å². The first-order valence-electron chi connectivity index (χ1n) is 8.72. The van der Waals surface area contributed by atoms with Crippen molar-refractivity contribution in [2.45, 2.75) is 58.0 Å². The second-order valence-corrected chi connectivity index (χ2v) is 6.52. The van der Waals surface area contributed by atoms with Crippen LogP contribution in [0.2, 0.25) is 0 Å². The lowest BCUT2D eigenvalue weighted by Crippen LogP contribution is -2.50. The number of nitrogens with one attached hydrogen (secondary N) is 1. The van der Waals surface area contributed by atoms with E-state index in [1.54, 1.807) is 0 Å². The van der Waals surface area contributed by atoms with Gasteiger partial charge in [0.2, 0.25) is 0 Å². The Labute approximate surface area is 153 Å². The van der Waals surface area contributed by atoms with Gasteiger partial charge in [0, 0.05) is 38.3 Å². The van der Waals surface area contributed by atoms with E-state index in [0.29, 0.717) is 18.0 Å². The van der Waals surface area contributed by atoms with E-state index in [4.69, 9.17) is 5.73 Å². The van der Waals surface area contributed by atoms with Crippen LogP contribution in [0.15, 0.2) is 4.99 Å². The van der Waals surface area contributed by atoms with Gasteiger partial charge < -0.3 is 16.0 Å². The maximum atomic E-state index is 6.04. The van der Waals surface area contributed by atoms with E-state index < -0.39 is 0 Å². The molecular formula is C16H34IN5. The number of piperazine rings is 1. The van der Waals surface area contributed by atoms with E-state index in [0.717, 1.165) is 19.6 Å². The van der Waals surface area contributed by atoms with Crippen LogP contribution in [-0.4, -0.2) is 67.1 Å². The van der Waals surface area contributed by atoms with Gasteiger partial charge in [-0.25, -0.2) is 0 Å². The minimum Gasteiger partial charge on any atom is -0.370 e. The minimum atomic E-state index is 0. The molecule has 1 atom stereocenters. The molecule has 0 bridgehead atoms. The predicted molar refractivity (Wildman–Crippen MR) is 105 cm³/mol. The second kappa shape index (κ2) is 10.6. The molecule has 0 radical (unpaired) electrons. The van der Waals surface area contributed by atoms with E-state index in [1.165, 1.54) is 51.7 Å². The Morgan fingerprint density at radius 1 is 1.18 bits per heavy atom. The molecule has 0 aromatic rings. The molecule has 1 aliphatic heterocycles. The summed E-state index contributed by atoms with van der Waals surface area (Å²) in [5.74, 6) is 0.640. The van der Waals surface area contributed by atoms with Crippen LogP contribution in [0.25, 0.3) is 0 Å². The fourth-order valence-corrected chi connectivity index (χ4v) is 3.37. The van der Waals surface area contributed by atoms with Crippen LogP contribution in [0.4, 0.5) is 0 Å². The van der Waals surface area contributed by atoms with Crippen molar-refractivity contribution in [1.82, 2.24) is 15.1 Å². The number of guanidine groups is 1. The first-order valence-corrected chi connectivity index (χ1v) is 8.72. The fraction of sp³-hybridized carbons (Fsp3) is 0.938. The molecule has 1 heterocycles. The third kappa shape index (κ3) is 6.58. The maximum absolute atomic E-state index is 6.04. The molecule has 3 N–H and O–H groups in total. The highest BCUT2D eigenvalue weighted by molar-refractivity contribution is 14.0. The van der Waals surface area contributed by atoms with Gasteiger partial charge in [0.05, 0.1) is 6.54 Å². The predicted octanol–water partition coefficient (Wildman–Crippen LogP) is 1.87. The molecule has 6 heteroatoms. The van der Waals surface area contributed by atoms with Gasteiger partial charge in [-0.1, -0.05) is 26.2 Å². The van der Waals surface area contributed by atoms with Crippen LogP contribution in [0.1, 0.15) is 46.0 Å². The average molecular weight is 423 g/mol. The Hall–Kier alpha value is -0.0800. The Bertz CT molecular complexity index is 322. The summed E-state index contributed by atoms with van der Waals surface area (Å²) in [6.45, 7) is 11.1. The van der Waals surface area contributed by atoms with Gasteiger partial charge in [0.25, 0.3) is 0 Å². The molecule has 22 heavy (non-hydrogen) atoms. The summed E-state index contributed by atoms with van der Waals surface area (Å²) in [6.07, 6.45) is 6.50. The first-order chi connectivity index (χ1) is 10.2. The van der Waals surface area contributed by atoms with Crippen LogP contribution in [0.3, 0.4) is 0 Å². The summed E-state index contributed by atoms with van der Waals surface area (Å²) >= 11 is 0. The van der Waals surface area contributed by atoms with Crippen molar-refractivity contribution in [3.05, 3.63) is 0 Å². The molecule has 0 aromatic heterocycles. The smallest absolute Gasteiger partial charge is 0.188 e. The lowest BCUT2D eigenvalue weighted by Gasteiger charge is -2.37. The second-order valence-electron chi connectivity index (χ2n) is 6.52. The van der Waals surface area contributed by atoms with E-state index >= 15 is 0 Å². The van der Waals surface area contributed by atoms with E-state index in [2.05, 4.69) is 34.0 Å². The molecule has 2 rings (SSSR count). The van der Waals surface area contributed by atoms with Crippen LogP contribution in [0, 0.1) is 0 Å². The summed E-state index contributed by atoms with van der Waals surface area (Å²) in [4.78, 5) is 9.60. The summed E-state index contributed by atoms with van der Waals surface area (Å²) in [5.41, 5.74) is 6.04. The third-order valence-corrected chi connectivity index (χ3v) is 4.96. The number of hydrogen-bond donors (Lipinski definition) is 2. The molecular weight excluding hydrogens is 389 g/mol. The summed E-state index contributed by atoms with van der Waals surface area (Å²) in [6, 6.07) is 1.03. The number of halogens is 1. The number of nitrogens with zero attached hydrogens (tertiary/aromatic N) is 3. The van der Waals surface area contributed by atoms with Crippen molar-refractivity contribution in [2.24, 2.45) is 10.7 Å². The molecule has 1 unspecified atom stereocenters. The normalized spacial score (nSPS) is 23.8. The van der Waals surface area contributed by atoms with Gasteiger partial charge >= 0.3 is 0 Å². The number of aliphatic imine (C=N–C) groups is 1. The monoisotopic (exact) mass is 423 g/mol. The van der Waals surface area contributed by atoms with Crippen molar-refractivity contribution < 1.29 is 0 Å². The number of hydrogen-bond acceptors (Lipinski definition) is 3. The quantitative estimate of drug-likeness (QED) is 0.403. The molecule has 130 valence electrons. The highest BCUT2D eigenvalue weighted by atomic mass is 127. The molecule has 1 saturated heterocycles. The molecule has 0 aromatic carbocycles. The molecule has 0 spiro atoms. The zero-order chi connectivity index (χ0) is 15.1. The lowest BCUT2D eigenvalue weighted by molar-refractivity contribution is 0.109. The van der Waals surface area contributed by atoms with Gasteiger partial charge in [-0.3, -0.25) is 9.89 Å². The summed E-state index contributed by atoms with van der Waals surface area (Å²) in [7, 11) is 0. The molecule has 5 nitrogen and oxygen atoms in total. The zero-order valence-corrected chi connectivity index (χ0v) is 16.6. The van der Waals surface area contributed by atoms with Crippen molar-refractivity contribution >= 4 is 29.9 Å². The van der Waals surface area contributed by atoms with Gasteiger partial charge in [0.15, 0.2) is 5.96 Å². The standard InChI is InChI=1S/C16H33N5.HI/c1-3-20-9-11-21(12-10-20)14(2)13-18-16(17)19-15-7-5-4-6-8-15;/h14-15H,3-13H2,1-2H3,(H3,17,18,19);1H. The van der Waals surface area contributed by atoms with Gasteiger partial charge in [-0.05, 0) is 26.3 Å². The van der Waals surface area contributed by atoms with E-state index in [9.17, 15) is 0 Å². The summed E-state index contributed by atoms with van der Waals surface area (Å²) in [5, 5.41) is 3.39. The van der Waals surface area contributed by atoms with Crippen LogP contribution >= 0.6 is 24.0 Å². The Balaban J connectivity index is 0.00000242. The topological polar surface area (TPSA) is 56.9 Å². The molecule has 2 aliphatic rings. The van der Waals surface area contributed by atoms with Crippen molar-refractivity contribution in [3.8, 4) is 0 Å². The SMILES string of the molecule is CCN1CCN(C(C)CN=C(N)NC2CCCCC2)CC1.I. The highest BCUT2D eigenvalue weighted by Crippen LogP contribution is 2.17. The number of likely N-dealkylation sites (N-methyl/N-ethyl adjacent to an activating group) is 1. The van der Waals surface area contributed by atoms with Gasteiger partial charge in [-0.2, -0.15) is 0 Å². The Morgan fingerprint density at radius 2 is 1.82 bits per heavy atom. The molecule has 0 amide bonds. The molecule has 2 fully saturated rings. The van der Waals surface area contributed by atoms with Crippen LogP contribution in [-0.2, 0) is 0 Å². The first kappa shape index (κ1) is 20.0. The van der Waals surface area contributed by atoms with Crippen LogP contribution in [0.5, 0.6) is 0 Å². The third-order valence-electron chi connectivity index (χ3n) is 4.96. The van der Waals surface area contributed by atoms with E-state index in [-0.39, 0.29) is 24.0 Å². The molecule has 1 aliphatic carbocycles. The van der Waals surface area contributed by atoms with Crippen molar-refractivity contribution in [3.63, 3.8) is 0 Å². The molecule has 1 saturated carbocycles. The van der Waals surface area contributed by atoms with Crippen molar-refractivity contribution in [1.29, 1.82) is 0 Å². The van der Waals surface area contributed by atoms with Gasteiger partial charge in [0.1, 0.15) is 0 Å². The van der Waals surface area contributed by atoms with Gasteiger partial charge in [-0.15, -0.1) is 24.0 Å². The highest BCUT2D eigenvalue weighted by Gasteiger charge is 2.20. The lowest BCUT2D eigenvalue weighted by atomic mass is 9.96. The largest absolute Gasteiger partial charge is 0.370 e. The average Bonchev–Trinajstić information content (AvgIpc) is 2.53. The fourth-order valence-electron chi connectivity index (χ4n) is 3.37. The Morgan fingerprint density at radius 3 is 2.41 bits per heavy atom. The number of nitrogens with two attached hydrogens (primary N) is 1. The Kier molecular flexibility index (Phi) is 9.66. The maximum Gasteiger partial charge on any atom is 0.188 e.